The fraction of sp³-hybridized carbons (Fsp3) is 0.238. The van der Waals surface area contributed by atoms with Gasteiger partial charge in [0.2, 0.25) is 0 Å². The van der Waals surface area contributed by atoms with Crippen LogP contribution < -0.4 is 4.74 Å². The smallest absolute Gasteiger partial charge is 0.406 e. The third kappa shape index (κ3) is 6.38. The van der Waals surface area contributed by atoms with E-state index in [-0.39, 0.29) is 17.5 Å². The molecule has 148 valence electrons. The van der Waals surface area contributed by atoms with Gasteiger partial charge in [-0.2, -0.15) is 0 Å². The van der Waals surface area contributed by atoms with Crippen LogP contribution in [0.1, 0.15) is 42.9 Å². The maximum absolute atomic E-state index is 14.1. The van der Waals surface area contributed by atoms with Gasteiger partial charge in [0, 0.05) is 17.5 Å². The van der Waals surface area contributed by atoms with E-state index in [1.54, 1.807) is 0 Å². The highest BCUT2D eigenvalue weighted by Gasteiger charge is 2.30. The van der Waals surface area contributed by atoms with E-state index in [1.165, 1.54) is 24.3 Å². The van der Waals surface area contributed by atoms with Crippen LogP contribution in [0.25, 0.3) is 5.83 Å². The van der Waals surface area contributed by atoms with Gasteiger partial charge in [-0.3, -0.25) is 0 Å². The van der Waals surface area contributed by atoms with Gasteiger partial charge in [-0.15, -0.1) is 13.2 Å². The van der Waals surface area contributed by atoms with Gasteiger partial charge in [0.05, 0.1) is 5.56 Å². The van der Waals surface area contributed by atoms with E-state index in [0.29, 0.717) is 18.4 Å². The van der Waals surface area contributed by atoms with Crippen LogP contribution in [-0.2, 0) is 0 Å². The molecule has 0 fully saturated rings. The zero-order valence-electron chi connectivity index (χ0n) is 14.8. The van der Waals surface area contributed by atoms with Gasteiger partial charge in [0.1, 0.15) is 17.4 Å². The van der Waals surface area contributed by atoms with E-state index >= 15 is 0 Å². The Bertz CT molecular complexity index is 901. The Morgan fingerprint density at radius 3 is 2.25 bits per heavy atom. The molecule has 0 heterocycles. The first-order valence-electron chi connectivity index (χ1n) is 8.41. The third-order valence-corrected chi connectivity index (χ3v) is 3.64. The van der Waals surface area contributed by atoms with Crippen LogP contribution >= 0.6 is 0 Å². The summed E-state index contributed by atoms with van der Waals surface area (Å²) in [5, 5.41) is 0. The summed E-state index contributed by atoms with van der Waals surface area (Å²) >= 11 is 0. The van der Waals surface area contributed by atoms with Crippen LogP contribution in [0.15, 0.2) is 48.3 Å². The summed E-state index contributed by atoms with van der Waals surface area (Å²) in [7, 11) is 0. The second-order valence-corrected chi connectivity index (χ2v) is 5.84. The lowest BCUT2D eigenvalue weighted by molar-refractivity contribution is -0.274. The zero-order chi connectivity index (χ0) is 20.7. The number of ether oxygens (including phenoxy) is 1. The Morgan fingerprint density at radius 1 is 1.00 bits per heavy atom. The molecule has 0 unspecified atom stereocenters. The van der Waals surface area contributed by atoms with E-state index in [9.17, 15) is 26.3 Å². The zero-order valence-corrected chi connectivity index (χ0v) is 14.8. The number of halogens is 6. The molecule has 0 spiro atoms. The first-order valence-corrected chi connectivity index (χ1v) is 8.41. The number of benzene rings is 2. The molecule has 2 aromatic carbocycles. The lowest BCUT2D eigenvalue weighted by Gasteiger charge is -2.08. The Morgan fingerprint density at radius 2 is 1.68 bits per heavy atom. The van der Waals surface area contributed by atoms with E-state index < -0.39 is 29.6 Å². The molecule has 7 heteroatoms. The standard InChI is InChI=1S/C21H16F6O/c1-2-3-4-18(22)20(24)16-10-9-15(19(23)13-16)8-5-14-6-11-17(12-7-14)28-21(25,26)27/h6-7,9-13H,2-4H2,1H3/b20-18+. The van der Waals surface area contributed by atoms with Crippen molar-refractivity contribution >= 4 is 5.83 Å². The average molecular weight is 398 g/mol. The van der Waals surface area contributed by atoms with Crippen LogP contribution in [0.2, 0.25) is 0 Å². The van der Waals surface area contributed by atoms with E-state index in [2.05, 4.69) is 16.6 Å². The minimum Gasteiger partial charge on any atom is -0.406 e. The van der Waals surface area contributed by atoms with Crippen molar-refractivity contribution in [2.75, 3.05) is 0 Å². The molecule has 0 saturated carbocycles. The normalized spacial score (nSPS) is 12.1. The quantitative estimate of drug-likeness (QED) is 0.392. The van der Waals surface area contributed by atoms with Gasteiger partial charge in [0.25, 0.3) is 0 Å². The minimum absolute atomic E-state index is 0.0545. The molecule has 0 amide bonds. The van der Waals surface area contributed by atoms with Gasteiger partial charge in [-0.1, -0.05) is 31.3 Å². The lowest BCUT2D eigenvalue weighted by atomic mass is 10.1. The maximum atomic E-state index is 14.1. The fourth-order valence-electron chi connectivity index (χ4n) is 2.23. The van der Waals surface area contributed by atoms with Crippen LogP contribution in [0.3, 0.4) is 0 Å². The van der Waals surface area contributed by atoms with Crippen LogP contribution in [0.5, 0.6) is 5.75 Å². The van der Waals surface area contributed by atoms with E-state index in [0.717, 1.165) is 18.2 Å². The first kappa shape index (κ1) is 21.4. The number of unbranched alkanes of at least 4 members (excludes halogenated alkanes) is 1. The molecular formula is C21H16F6O. The number of rotatable bonds is 5. The molecule has 0 radical (unpaired) electrons. The molecule has 0 saturated heterocycles. The number of hydrogen-bond donors (Lipinski definition) is 0. The maximum Gasteiger partial charge on any atom is 0.573 e. The van der Waals surface area contributed by atoms with Crippen molar-refractivity contribution in [3.63, 3.8) is 0 Å². The highest BCUT2D eigenvalue weighted by Crippen LogP contribution is 2.26. The topological polar surface area (TPSA) is 9.23 Å². The largest absolute Gasteiger partial charge is 0.573 e. The van der Waals surface area contributed by atoms with Gasteiger partial charge in [-0.05, 0) is 42.8 Å². The Kier molecular flexibility index (Phi) is 7.16. The molecule has 0 aliphatic heterocycles. The van der Waals surface area contributed by atoms with Gasteiger partial charge < -0.3 is 4.74 Å². The highest BCUT2D eigenvalue weighted by molar-refractivity contribution is 5.62. The molecule has 0 atom stereocenters. The molecule has 28 heavy (non-hydrogen) atoms. The van der Waals surface area contributed by atoms with Crippen molar-refractivity contribution in [1.29, 1.82) is 0 Å². The van der Waals surface area contributed by atoms with Crippen molar-refractivity contribution in [3.8, 4) is 17.6 Å². The Balaban J connectivity index is 2.16. The van der Waals surface area contributed by atoms with Gasteiger partial charge in [0.15, 0.2) is 5.83 Å². The summed E-state index contributed by atoms with van der Waals surface area (Å²) in [6.07, 6.45) is -3.66. The third-order valence-electron chi connectivity index (χ3n) is 3.64. The van der Waals surface area contributed by atoms with E-state index in [4.69, 9.17) is 0 Å². The summed E-state index contributed by atoms with van der Waals surface area (Å²) in [6.45, 7) is 1.84. The van der Waals surface area contributed by atoms with Crippen molar-refractivity contribution in [2.45, 2.75) is 32.5 Å². The summed E-state index contributed by atoms with van der Waals surface area (Å²) < 4.78 is 81.9. The fourth-order valence-corrected chi connectivity index (χ4v) is 2.23. The summed E-state index contributed by atoms with van der Waals surface area (Å²) in [5.74, 6) is 1.82. The van der Waals surface area contributed by atoms with Crippen LogP contribution in [0.4, 0.5) is 26.3 Å². The summed E-state index contributed by atoms with van der Waals surface area (Å²) in [6, 6.07) is 8.01. The monoisotopic (exact) mass is 398 g/mol. The second-order valence-electron chi connectivity index (χ2n) is 5.84. The van der Waals surface area contributed by atoms with Crippen molar-refractivity contribution in [2.24, 2.45) is 0 Å². The molecule has 0 aliphatic rings. The Hall–Kier alpha value is -2.88. The Labute approximate surface area is 158 Å². The lowest BCUT2D eigenvalue weighted by Crippen LogP contribution is -2.16. The molecule has 0 aliphatic carbocycles. The van der Waals surface area contributed by atoms with Crippen molar-refractivity contribution < 1.29 is 31.1 Å². The highest BCUT2D eigenvalue weighted by atomic mass is 19.4. The summed E-state index contributed by atoms with van der Waals surface area (Å²) in [5.41, 5.74) is 0.0566. The van der Waals surface area contributed by atoms with Gasteiger partial charge in [-0.25, -0.2) is 13.2 Å². The molecule has 0 N–H and O–H groups in total. The molecule has 2 aromatic rings. The molecule has 2 rings (SSSR count). The predicted octanol–water partition coefficient (Wildman–Crippen LogP) is 6.92. The summed E-state index contributed by atoms with van der Waals surface area (Å²) in [4.78, 5) is 0. The number of allylic oxidation sites excluding steroid dienone is 1. The number of alkyl halides is 3. The van der Waals surface area contributed by atoms with Crippen molar-refractivity contribution in [1.82, 2.24) is 0 Å². The predicted molar refractivity (Wildman–Crippen MR) is 94.2 cm³/mol. The molecular weight excluding hydrogens is 382 g/mol. The SMILES string of the molecule is CCCC/C(F)=C(\F)c1ccc(C#Cc2ccc(OC(F)(F)F)cc2)c(F)c1. The van der Waals surface area contributed by atoms with E-state index in [1.807, 2.05) is 6.92 Å². The molecule has 1 nitrogen and oxygen atoms in total. The number of hydrogen-bond acceptors (Lipinski definition) is 1. The molecule has 0 aromatic heterocycles. The van der Waals surface area contributed by atoms with Gasteiger partial charge >= 0.3 is 6.36 Å². The molecule has 0 bridgehead atoms. The van der Waals surface area contributed by atoms with Crippen molar-refractivity contribution in [3.05, 3.63) is 70.8 Å². The van der Waals surface area contributed by atoms with Crippen LogP contribution in [-0.4, -0.2) is 6.36 Å². The minimum atomic E-state index is -4.79. The second kappa shape index (κ2) is 9.36. The van der Waals surface area contributed by atoms with Crippen LogP contribution in [0, 0.1) is 17.7 Å². The average Bonchev–Trinajstić information content (AvgIpc) is 2.64. The first-order chi connectivity index (χ1) is 13.2.